The Morgan fingerprint density at radius 2 is 1.89 bits per heavy atom. The Hall–Kier alpha value is -3.55. The number of carbonyl (C=O) groups is 2. The first kappa shape index (κ1) is 19.2. The van der Waals surface area contributed by atoms with Crippen molar-refractivity contribution in [2.45, 2.75) is 33.0 Å². The molecule has 0 atom stereocenters. The molecule has 1 N–H and O–H groups in total. The lowest BCUT2D eigenvalue weighted by Gasteiger charge is -2.19. The SMILES string of the molecule is CC(C)(C)OC(=O)Nc1ccn2ncc(OC(=O)OCc3ccccc3)c2c1. The number of fused-ring (bicyclic) bond motifs is 1. The summed E-state index contributed by atoms with van der Waals surface area (Å²) in [4.78, 5) is 23.9. The number of hydrogen-bond donors (Lipinski definition) is 1. The van der Waals surface area contributed by atoms with Gasteiger partial charge in [0.2, 0.25) is 0 Å². The van der Waals surface area contributed by atoms with Crippen LogP contribution < -0.4 is 10.1 Å². The number of carbonyl (C=O) groups excluding carboxylic acids is 2. The van der Waals surface area contributed by atoms with E-state index >= 15 is 0 Å². The molecular formula is C20H21N3O5. The van der Waals surface area contributed by atoms with Crippen molar-refractivity contribution in [2.24, 2.45) is 0 Å². The lowest BCUT2D eigenvalue weighted by atomic mass is 10.2. The highest BCUT2D eigenvalue weighted by atomic mass is 16.7. The monoisotopic (exact) mass is 383 g/mol. The largest absolute Gasteiger partial charge is 0.514 e. The van der Waals surface area contributed by atoms with Crippen molar-refractivity contribution in [3.8, 4) is 5.75 Å². The molecule has 8 nitrogen and oxygen atoms in total. The highest BCUT2D eigenvalue weighted by Crippen LogP contribution is 2.23. The quantitative estimate of drug-likeness (QED) is 0.672. The summed E-state index contributed by atoms with van der Waals surface area (Å²) in [5.74, 6) is 0.214. The van der Waals surface area contributed by atoms with Crippen LogP contribution in [0.5, 0.6) is 5.75 Å². The van der Waals surface area contributed by atoms with Gasteiger partial charge in [0.25, 0.3) is 0 Å². The second-order valence-electron chi connectivity index (χ2n) is 7.01. The number of aromatic nitrogens is 2. The molecule has 1 amide bonds. The van der Waals surface area contributed by atoms with E-state index in [1.807, 2.05) is 30.3 Å². The van der Waals surface area contributed by atoms with E-state index < -0.39 is 17.8 Å². The predicted octanol–water partition coefficient (Wildman–Crippen LogP) is 4.40. The third-order valence-corrected chi connectivity index (χ3v) is 3.52. The lowest BCUT2D eigenvalue weighted by Crippen LogP contribution is -2.27. The van der Waals surface area contributed by atoms with Crippen molar-refractivity contribution < 1.29 is 23.8 Å². The van der Waals surface area contributed by atoms with Crippen LogP contribution in [0, 0.1) is 0 Å². The van der Waals surface area contributed by atoms with Crippen molar-refractivity contribution in [2.75, 3.05) is 5.32 Å². The van der Waals surface area contributed by atoms with Gasteiger partial charge in [-0.15, -0.1) is 0 Å². The molecule has 0 spiro atoms. The van der Waals surface area contributed by atoms with Crippen LogP contribution in [0.3, 0.4) is 0 Å². The van der Waals surface area contributed by atoms with Gasteiger partial charge in [-0.3, -0.25) is 5.32 Å². The minimum absolute atomic E-state index is 0.102. The Labute approximate surface area is 162 Å². The third kappa shape index (κ3) is 5.23. The molecule has 146 valence electrons. The van der Waals surface area contributed by atoms with Crippen LogP contribution in [0.25, 0.3) is 5.52 Å². The summed E-state index contributed by atoms with van der Waals surface area (Å²) in [6.45, 7) is 5.43. The molecule has 3 aromatic rings. The van der Waals surface area contributed by atoms with Crippen LogP contribution in [-0.2, 0) is 16.1 Å². The van der Waals surface area contributed by atoms with E-state index in [9.17, 15) is 9.59 Å². The smallest absolute Gasteiger partial charge is 0.444 e. The number of pyridine rings is 1. The topological polar surface area (TPSA) is 91.2 Å². The second-order valence-corrected chi connectivity index (χ2v) is 7.01. The first-order valence-electron chi connectivity index (χ1n) is 8.66. The van der Waals surface area contributed by atoms with E-state index in [2.05, 4.69) is 10.4 Å². The van der Waals surface area contributed by atoms with Crippen molar-refractivity contribution in [3.05, 3.63) is 60.4 Å². The van der Waals surface area contributed by atoms with E-state index in [0.29, 0.717) is 11.2 Å². The van der Waals surface area contributed by atoms with Gasteiger partial charge in [0.1, 0.15) is 17.7 Å². The molecule has 2 aromatic heterocycles. The zero-order valence-electron chi connectivity index (χ0n) is 15.8. The van der Waals surface area contributed by atoms with Gasteiger partial charge in [-0.25, -0.2) is 14.1 Å². The van der Waals surface area contributed by atoms with Gasteiger partial charge < -0.3 is 14.2 Å². The molecule has 0 radical (unpaired) electrons. The van der Waals surface area contributed by atoms with Gasteiger partial charge in [0, 0.05) is 11.9 Å². The van der Waals surface area contributed by atoms with Gasteiger partial charge in [-0.05, 0) is 38.5 Å². The highest BCUT2D eigenvalue weighted by Gasteiger charge is 2.17. The molecule has 0 aliphatic heterocycles. The standard InChI is InChI=1S/C20H21N3O5/c1-20(2,3)28-18(24)22-15-9-10-23-16(11-15)17(12-21-23)27-19(25)26-13-14-7-5-4-6-8-14/h4-12H,13H2,1-3H3,(H,22,24). The maximum atomic E-state index is 12.0. The molecule has 0 unspecified atom stereocenters. The number of anilines is 1. The van der Waals surface area contributed by atoms with E-state index in [4.69, 9.17) is 14.2 Å². The minimum atomic E-state index is -0.843. The minimum Gasteiger partial charge on any atom is -0.444 e. The number of rotatable bonds is 4. The van der Waals surface area contributed by atoms with Crippen LogP contribution in [0.4, 0.5) is 15.3 Å². The summed E-state index contributed by atoms with van der Waals surface area (Å²) in [5.41, 5.74) is 1.21. The average Bonchev–Trinajstić information content (AvgIpc) is 3.01. The van der Waals surface area contributed by atoms with Crippen molar-refractivity contribution in [3.63, 3.8) is 0 Å². The summed E-state index contributed by atoms with van der Waals surface area (Å²) < 4.78 is 17.1. The average molecular weight is 383 g/mol. The van der Waals surface area contributed by atoms with Gasteiger partial charge in [-0.2, -0.15) is 5.10 Å². The first-order valence-corrected chi connectivity index (χ1v) is 8.66. The Balaban J connectivity index is 1.66. The van der Waals surface area contributed by atoms with Crippen LogP contribution >= 0.6 is 0 Å². The molecule has 1 aromatic carbocycles. The zero-order chi connectivity index (χ0) is 20.1. The Morgan fingerprint density at radius 1 is 1.14 bits per heavy atom. The number of ether oxygens (including phenoxy) is 3. The second kappa shape index (κ2) is 7.99. The van der Waals surface area contributed by atoms with Crippen LogP contribution in [-0.4, -0.2) is 27.5 Å². The Morgan fingerprint density at radius 3 is 2.61 bits per heavy atom. The normalized spacial score (nSPS) is 11.1. The summed E-state index contributed by atoms with van der Waals surface area (Å²) in [6, 6.07) is 12.6. The zero-order valence-corrected chi connectivity index (χ0v) is 15.8. The van der Waals surface area contributed by atoms with Crippen molar-refractivity contribution >= 4 is 23.5 Å². The van der Waals surface area contributed by atoms with Crippen LogP contribution in [0.2, 0.25) is 0 Å². The van der Waals surface area contributed by atoms with E-state index in [-0.39, 0.29) is 12.4 Å². The van der Waals surface area contributed by atoms with Crippen molar-refractivity contribution in [1.82, 2.24) is 9.61 Å². The molecule has 3 rings (SSSR count). The number of nitrogens with one attached hydrogen (secondary N) is 1. The fourth-order valence-corrected chi connectivity index (χ4v) is 2.37. The number of hydrogen-bond acceptors (Lipinski definition) is 6. The number of nitrogens with zero attached hydrogens (tertiary/aromatic N) is 2. The highest BCUT2D eigenvalue weighted by molar-refractivity contribution is 5.86. The van der Waals surface area contributed by atoms with Gasteiger partial charge >= 0.3 is 12.2 Å². The maximum absolute atomic E-state index is 12.0. The molecule has 28 heavy (non-hydrogen) atoms. The number of benzene rings is 1. The molecule has 0 aliphatic carbocycles. The van der Waals surface area contributed by atoms with Crippen LogP contribution in [0.15, 0.2) is 54.9 Å². The molecule has 0 saturated heterocycles. The maximum Gasteiger partial charge on any atom is 0.514 e. The molecule has 8 heteroatoms. The van der Waals surface area contributed by atoms with E-state index in [1.54, 1.807) is 39.1 Å². The molecule has 0 aliphatic rings. The fraction of sp³-hybridized carbons (Fsp3) is 0.250. The predicted molar refractivity (Wildman–Crippen MR) is 102 cm³/mol. The van der Waals surface area contributed by atoms with Crippen LogP contribution in [0.1, 0.15) is 26.3 Å². The Kier molecular flexibility index (Phi) is 5.49. The molecule has 0 saturated carbocycles. The molecule has 0 fully saturated rings. The molecule has 2 heterocycles. The Bertz CT molecular complexity index is 976. The molecular weight excluding hydrogens is 362 g/mol. The van der Waals surface area contributed by atoms with Gasteiger partial charge in [-0.1, -0.05) is 30.3 Å². The fourth-order valence-electron chi connectivity index (χ4n) is 2.37. The van der Waals surface area contributed by atoms with E-state index in [1.165, 1.54) is 10.7 Å². The lowest BCUT2D eigenvalue weighted by molar-refractivity contribution is 0.0635. The summed E-state index contributed by atoms with van der Waals surface area (Å²) in [6.07, 6.45) is 1.60. The van der Waals surface area contributed by atoms with Gasteiger partial charge in [0.15, 0.2) is 5.75 Å². The summed E-state index contributed by atoms with van der Waals surface area (Å²) in [5, 5.41) is 6.74. The number of amides is 1. The van der Waals surface area contributed by atoms with E-state index in [0.717, 1.165) is 5.56 Å². The third-order valence-electron chi connectivity index (χ3n) is 3.52. The van der Waals surface area contributed by atoms with Gasteiger partial charge in [0.05, 0.1) is 6.20 Å². The summed E-state index contributed by atoms with van der Waals surface area (Å²) >= 11 is 0. The van der Waals surface area contributed by atoms with Crippen molar-refractivity contribution in [1.29, 1.82) is 0 Å². The first-order chi connectivity index (χ1) is 13.3. The summed E-state index contributed by atoms with van der Waals surface area (Å²) in [7, 11) is 0. The molecule has 0 bridgehead atoms.